The smallest absolute Gasteiger partial charge is 0.144 e. The topological polar surface area (TPSA) is 0 Å². The summed E-state index contributed by atoms with van der Waals surface area (Å²) in [5.41, 5.74) is 4.33. The first-order chi connectivity index (χ1) is 22.8. The fraction of sp³-hybridized carbons (Fsp3) is 0.542. The molecule has 0 saturated carbocycles. The van der Waals surface area contributed by atoms with Gasteiger partial charge in [-0.05, 0) is 83.8 Å². The Bertz CT molecular complexity index is 1700. The standard InChI is InChI=1S/C48H65F3/c1-43(2,3)31-19-28(20-32(25-31)44(4,5)6)37-40(49)38(29-21-33(45(7,8)9)26-34(22-29)46(10,11)12)42(51)39(41(37)50)30-23-35(47(13,14)15)27-36(24-30)48(16,17)18/h19-26,35H,27H2,1-18H3. The molecule has 0 bridgehead atoms. The zero-order valence-corrected chi connectivity index (χ0v) is 35.0. The maximum Gasteiger partial charge on any atom is 0.144 e. The van der Waals surface area contributed by atoms with Crippen LogP contribution in [0.3, 0.4) is 0 Å². The van der Waals surface area contributed by atoms with E-state index in [1.807, 2.05) is 36.4 Å². The molecule has 0 spiro atoms. The summed E-state index contributed by atoms with van der Waals surface area (Å²) in [4.78, 5) is 0. The first kappa shape index (κ1) is 40.7. The third kappa shape index (κ3) is 8.60. The number of allylic oxidation sites excluding steroid dienone is 4. The highest BCUT2D eigenvalue weighted by atomic mass is 19.1. The van der Waals surface area contributed by atoms with Crippen molar-refractivity contribution in [1.29, 1.82) is 0 Å². The molecular formula is C48H65F3. The molecule has 0 fully saturated rings. The van der Waals surface area contributed by atoms with Crippen molar-refractivity contribution in [2.75, 3.05) is 0 Å². The summed E-state index contributed by atoms with van der Waals surface area (Å²) in [7, 11) is 0. The molecule has 4 rings (SSSR count). The first-order valence-corrected chi connectivity index (χ1v) is 18.8. The zero-order valence-electron chi connectivity index (χ0n) is 35.0. The summed E-state index contributed by atoms with van der Waals surface area (Å²) >= 11 is 0. The van der Waals surface area contributed by atoms with Gasteiger partial charge in [0.15, 0.2) is 0 Å². The Morgan fingerprint density at radius 1 is 0.431 bits per heavy atom. The van der Waals surface area contributed by atoms with Crippen LogP contribution in [0.25, 0.3) is 27.8 Å². The van der Waals surface area contributed by atoms with Gasteiger partial charge in [0.05, 0.1) is 16.7 Å². The molecule has 3 aromatic carbocycles. The largest absolute Gasteiger partial charge is 0.205 e. The van der Waals surface area contributed by atoms with Gasteiger partial charge in [0.25, 0.3) is 0 Å². The molecule has 0 amide bonds. The molecule has 1 atom stereocenters. The molecule has 1 unspecified atom stereocenters. The molecule has 1 aliphatic rings. The summed E-state index contributed by atoms with van der Waals surface area (Å²) in [6, 6.07) is 11.9. The number of benzene rings is 3. The molecule has 0 aromatic heterocycles. The average molecular weight is 699 g/mol. The fourth-order valence-electron chi connectivity index (χ4n) is 6.74. The van der Waals surface area contributed by atoms with Crippen molar-refractivity contribution in [3.05, 3.63) is 99.4 Å². The third-order valence-corrected chi connectivity index (χ3v) is 10.7. The molecule has 0 nitrogen and oxygen atoms in total. The Labute approximate surface area is 309 Å². The highest BCUT2D eigenvalue weighted by Gasteiger charge is 2.36. The van der Waals surface area contributed by atoms with E-state index in [1.54, 1.807) is 0 Å². The van der Waals surface area contributed by atoms with Crippen molar-refractivity contribution in [3.8, 4) is 22.3 Å². The summed E-state index contributed by atoms with van der Waals surface area (Å²) in [6.45, 7) is 38.2. The molecule has 0 saturated heterocycles. The molecule has 0 N–H and O–H groups in total. The van der Waals surface area contributed by atoms with E-state index in [0.29, 0.717) is 16.7 Å². The molecule has 1 aliphatic carbocycles. The predicted molar refractivity (Wildman–Crippen MR) is 215 cm³/mol. The molecule has 3 heteroatoms. The first-order valence-electron chi connectivity index (χ1n) is 18.8. The van der Waals surface area contributed by atoms with Crippen LogP contribution in [-0.4, -0.2) is 0 Å². The maximum absolute atomic E-state index is 17.7. The quantitative estimate of drug-likeness (QED) is 0.255. The van der Waals surface area contributed by atoms with Gasteiger partial charge in [0.2, 0.25) is 0 Å². The van der Waals surface area contributed by atoms with Crippen LogP contribution >= 0.6 is 0 Å². The summed E-state index contributed by atoms with van der Waals surface area (Å²) in [5.74, 6) is -2.54. The van der Waals surface area contributed by atoms with Crippen molar-refractivity contribution in [2.24, 2.45) is 16.7 Å². The maximum atomic E-state index is 17.7. The number of rotatable bonds is 3. The lowest BCUT2D eigenvalue weighted by Crippen LogP contribution is -2.25. The predicted octanol–water partition coefficient (Wildman–Crippen LogP) is 15.0. The monoisotopic (exact) mass is 699 g/mol. The van der Waals surface area contributed by atoms with Crippen LogP contribution in [0.1, 0.15) is 159 Å². The van der Waals surface area contributed by atoms with Gasteiger partial charge in [-0.3, -0.25) is 0 Å². The van der Waals surface area contributed by atoms with E-state index in [2.05, 4.69) is 137 Å². The molecule has 0 radical (unpaired) electrons. The second-order valence-electron chi connectivity index (χ2n) is 21.4. The van der Waals surface area contributed by atoms with E-state index in [4.69, 9.17) is 0 Å². The van der Waals surface area contributed by atoms with Gasteiger partial charge in [-0.1, -0.05) is 179 Å². The molecule has 51 heavy (non-hydrogen) atoms. The average Bonchev–Trinajstić information content (AvgIpc) is 2.94. The van der Waals surface area contributed by atoms with E-state index < -0.39 is 17.5 Å². The van der Waals surface area contributed by atoms with Crippen LogP contribution in [0.4, 0.5) is 13.2 Å². The Balaban J connectivity index is 2.29. The SMILES string of the molecule is CC(C)(C)C1=CC(c2c(F)c(-c3cc(C(C)(C)C)cc(C(C)(C)C)c3)c(F)c(-c3cc(C(C)(C)C)cc(C(C)(C)C)c3)c2F)=CC(C(C)(C)C)C1. The van der Waals surface area contributed by atoms with Crippen LogP contribution in [0.15, 0.2) is 54.1 Å². The fourth-order valence-corrected chi connectivity index (χ4v) is 6.74. The molecule has 0 heterocycles. The van der Waals surface area contributed by atoms with Crippen molar-refractivity contribution in [1.82, 2.24) is 0 Å². The van der Waals surface area contributed by atoms with Crippen molar-refractivity contribution < 1.29 is 13.2 Å². The van der Waals surface area contributed by atoms with Crippen molar-refractivity contribution in [3.63, 3.8) is 0 Å². The van der Waals surface area contributed by atoms with E-state index in [1.165, 1.54) is 0 Å². The van der Waals surface area contributed by atoms with Gasteiger partial charge in [0, 0.05) is 0 Å². The van der Waals surface area contributed by atoms with E-state index in [0.717, 1.165) is 34.2 Å². The number of halogens is 3. The number of hydrogen-bond acceptors (Lipinski definition) is 0. The van der Waals surface area contributed by atoms with Crippen LogP contribution in [-0.2, 0) is 21.7 Å². The second kappa shape index (κ2) is 13.1. The minimum atomic E-state index is -0.866. The van der Waals surface area contributed by atoms with Crippen molar-refractivity contribution >= 4 is 5.57 Å². The molecule has 278 valence electrons. The van der Waals surface area contributed by atoms with Crippen LogP contribution in [0.5, 0.6) is 0 Å². The molecule has 0 aliphatic heterocycles. The lowest BCUT2D eigenvalue weighted by atomic mass is 9.68. The molecular weight excluding hydrogens is 634 g/mol. The third-order valence-electron chi connectivity index (χ3n) is 10.7. The lowest BCUT2D eigenvalue weighted by molar-refractivity contribution is 0.276. The van der Waals surface area contributed by atoms with Gasteiger partial charge >= 0.3 is 0 Å². The minimum absolute atomic E-state index is 0.0379. The Kier molecular flexibility index (Phi) is 10.5. The summed E-state index contributed by atoms with van der Waals surface area (Å²) in [5, 5.41) is 0. The highest BCUT2D eigenvalue weighted by molar-refractivity contribution is 5.86. The normalized spacial score (nSPS) is 16.7. The van der Waals surface area contributed by atoms with E-state index >= 15 is 13.2 Å². The van der Waals surface area contributed by atoms with Crippen LogP contribution in [0.2, 0.25) is 0 Å². The summed E-state index contributed by atoms with van der Waals surface area (Å²) < 4.78 is 52.9. The van der Waals surface area contributed by atoms with Gasteiger partial charge in [-0.25, -0.2) is 13.2 Å². The lowest BCUT2D eigenvalue weighted by Gasteiger charge is -2.37. The van der Waals surface area contributed by atoms with E-state index in [9.17, 15) is 0 Å². The van der Waals surface area contributed by atoms with Crippen LogP contribution in [0, 0.1) is 34.2 Å². The second-order valence-corrected chi connectivity index (χ2v) is 21.4. The minimum Gasteiger partial charge on any atom is -0.205 e. The Morgan fingerprint density at radius 2 is 0.745 bits per heavy atom. The van der Waals surface area contributed by atoms with Gasteiger partial charge in [-0.2, -0.15) is 0 Å². The zero-order chi connectivity index (χ0) is 39.0. The highest BCUT2D eigenvalue weighted by Crippen LogP contribution is 2.48. The van der Waals surface area contributed by atoms with E-state index in [-0.39, 0.29) is 55.1 Å². The Morgan fingerprint density at radius 3 is 1.02 bits per heavy atom. The van der Waals surface area contributed by atoms with Crippen molar-refractivity contribution in [2.45, 2.75) is 153 Å². The van der Waals surface area contributed by atoms with Gasteiger partial charge in [-0.15, -0.1) is 0 Å². The number of hydrogen-bond donors (Lipinski definition) is 0. The molecule has 3 aromatic rings. The van der Waals surface area contributed by atoms with Gasteiger partial charge in [0.1, 0.15) is 17.5 Å². The van der Waals surface area contributed by atoms with Crippen LogP contribution < -0.4 is 0 Å². The van der Waals surface area contributed by atoms with Gasteiger partial charge < -0.3 is 0 Å². The Hall–Kier alpha value is -3.07. The summed E-state index contributed by atoms with van der Waals surface area (Å²) in [6.07, 6.45) is 4.79.